The molecule has 0 heterocycles. The Hall–Kier alpha value is 0.200. The van der Waals surface area contributed by atoms with Crippen molar-refractivity contribution < 1.29 is 8.42 Å². The average Bonchev–Trinajstić information content (AvgIpc) is 1.93. The number of sulfone groups is 1. The predicted molar refractivity (Wildman–Crippen MR) is 56.9 cm³/mol. The molecule has 1 rings (SSSR count). The van der Waals surface area contributed by atoms with E-state index in [0.717, 1.165) is 12.8 Å². The Morgan fingerprint density at radius 1 is 1.31 bits per heavy atom. The van der Waals surface area contributed by atoms with Crippen molar-refractivity contribution in [3.63, 3.8) is 0 Å². The van der Waals surface area contributed by atoms with Crippen molar-refractivity contribution in [1.82, 2.24) is 0 Å². The fourth-order valence-electron chi connectivity index (χ4n) is 1.62. The molecule has 0 spiro atoms. The zero-order valence-corrected chi connectivity index (χ0v) is 9.75. The van der Waals surface area contributed by atoms with E-state index in [0.29, 0.717) is 12.8 Å². The van der Waals surface area contributed by atoms with E-state index in [1.807, 2.05) is 6.92 Å². The van der Waals surface area contributed by atoms with Crippen LogP contribution >= 0.6 is 12.4 Å². The highest BCUT2D eigenvalue weighted by atomic mass is 35.5. The molecule has 0 aromatic carbocycles. The van der Waals surface area contributed by atoms with Gasteiger partial charge in [-0.25, -0.2) is 8.42 Å². The third-order valence-corrected chi connectivity index (χ3v) is 5.18. The molecule has 5 heteroatoms. The predicted octanol–water partition coefficient (Wildman–Crippen LogP) is 1.11. The SMILES string of the molecule is CC1(S(C)(=O)=O)CCC(N)CC1.Cl. The molecule has 0 atom stereocenters. The fourth-order valence-corrected chi connectivity index (χ4v) is 2.60. The maximum absolute atomic E-state index is 11.4. The minimum atomic E-state index is -2.90. The number of halogens is 1. The summed E-state index contributed by atoms with van der Waals surface area (Å²) in [5, 5.41) is 0. The van der Waals surface area contributed by atoms with E-state index in [2.05, 4.69) is 0 Å². The number of rotatable bonds is 1. The summed E-state index contributed by atoms with van der Waals surface area (Å²) in [6, 6.07) is 0.208. The first kappa shape index (κ1) is 13.2. The zero-order valence-electron chi connectivity index (χ0n) is 8.12. The molecule has 0 radical (unpaired) electrons. The molecule has 3 nitrogen and oxygen atoms in total. The van der Waals surface area contributed by atoms with E-state index >= 15 is 0 Å². The molecule has 80 valence electrons. The monoisotopic (exact) mass is 227 g/mol. The maximum Gasteiger partial charge on any atom is 0.152 e. The quantitative estimate of drug-likeness (QED) is 0.730. The van der Waals surface area contributed by atoms with Crippen LogP contribution < -0.4 is 5.73 Å². The minimum Gasteiger partial charge on any atom is -0.328 e. The average molecular weight is 228 g/mol. The Labute approximate surface area is 86.4 Å². The number of hydrogen-bond donors (Lipinski definition) is 1. The van der Waals surface area contributed by atoms with E-state index in [9.17, 15) is 8.42 Å². The summed E-state index contributed by atoms with van der Waals surface area (Å²) in [5.41, 5.74) is 5.70. The van der Waals surface area contributed by atoms with Crippen LogP contribution in [0.1, 0.15) is 32.6 Å². The van der Waals surface area contributed by atoms with Crippen LogP contribution in [0, 0.1) is 0 Å². The van der Waals surface area contributed by atoms with Gasteiger partial charge in [0.2, 0.25) is 0 Å². The zero-order chi connectivity index (χ0) is 9.41. The lowest BCUT2D eigenvalue weighted by atomic mass is 9.87. The van der Waals surface area contributed by atoms with Gasteiger partial charge in [0.25, 0.3) is 0 Å². The number of nitrogens with two attached hydrogens (primary N) is 1. The van der Waals surface area contributed by atoms with E-state index < -0.39 is 14.6 Å². The molecule has 0 amide bonds. The summed E-state index contributed by atoms with van der Waals surface area (Å²) in [4.78, 5) is 0. The highest BCUT2D eigenvalue weighted by Crippen LogP contribution is 2.33. The molecule has 0 aromatic rings. The molecule has 0 bridgehead atoms. The highest BCUT2D eigenvalue weighted by Gasteiger charge is 2.38. The molecule has 1 aliphatic rings. The van der Waals surface area contributed by atoms with Gasteiger partial charge in [-0.15, -0.1) is 12.4 Å². The summed E-state index contributed by atoms with van der Waals surface area (Å²) < 4.78 is 22.2. The third-order valence-electron chi connectivity index (χ3n) is 2.98. The second-order valence-corrected chi connectivity index (χ2v) is 6.59. The summed E-state index contributed by atoms with van der Waals surface area (Å²) >= 11 is 0. The smallest absolute Gasteiger partial charge is 0.152 e. The lowest BCUT2D eigenvalue weighted by molar-refractivity contribution is 0.361. The Morgan fingerprint density at radius 3 is 2.00 bits per heavy atom. The minimum absolute atomic E-state index is 0. The van der Waals surface area contributed by atoms with Crippen molar-refractivity contribution in [1.29, 1.82) is 0 Å². The van der Waals surface area contributed by atoms with Crippen LogP contribution in [-0.2, 0) is 9.84 Å². The van der Waals surface area contributed by atoms with Gasteiger partial charge in [0.15, 0.2) is 9.84 Å². The standard InChI is InChI=1S/C8H17NO2S.ClH/c1-8(12(2,10)11)5-3-7(9)4-6-8;/h7H,3-6,9H2,1-2H3;1H. The van der Waals surface area contributed by atoms with Crippen LogP contribution in [0.4, 0.5) is 0 Å². The van der Waals surface area contributed by atoms with Crippen LogP contribution in [0.3, 0.4) is 0 Å². The molecule has 0 aliphatic heterocycles. The Bertz CT molecular complexity index is 255. The van der Waals surface area contributed by atoms with Crippen LogP contribution in [0.25, 0.3) is 0 Å². The maximum atomic E-state index is 11.4. The van der Waals surface area contributed by atoms with E-state index in [1.54, 1.807) is 0 Å². The lowest BCUT2D eigenvalue weighted by Crippen LogP contribution is -2.42. The van der Waals surface area contributed by atoms with Crippen LogP contribution in [0.2, 0.25) is 0 Å². The Balaban J connectivity index is 0.00000144. The van der Waals surface area contributed by atoms with Gasteiger partial charge in [-0.3, -0.25) is 0 Å². The van der Waals surface area contributed by atoms with Gasteiger partial charge in [0.05, 0.1) is 4.75 Å². The van der Waals surface area contributed by atoms with Gasteiger partial charge in [-0.05, 0) is 32.6 Å². The molecular formula is C8H18ClNO2S. The molecule has 0 saturated heterocycles. The molecule has 1 aliphatic carbocycles. The van der Waals surface area contributed by atoms with Crippen LogP contribution in [0.15, 0.2) is 0 Å². The largest absolute Gasteiger partial charge is 0.328 e. The van der Waals surface area contributed by atoms with Gasteiger partial charge >= 0.3 is 0 Å². The van der Waals surface area contributed by atoms with Crippen LogP contribution in [-0.4, -0.2) is 25.5 Å². The van der Waals surface area contributed by atoms with Crippen molar-refractivity contribution in [3.05, 3.63) is 0 Å². The lowest BCUT2D eigenvalue weighted by Gasteiger charge is -2.34. The first-order chi connectivity index (χ1) is 5.35. The van der Waals surface area contributed by atoms with Crippen molar-refractivity contribution in [2.24, 2.45) is 5.73 Å². The van der Waals surface area contributed by atoms with Gasteiger partial charge in [-0.1, -0.05) is 0 Å². The second-order valence-electron chi connectivity index (χ2n) is 4.06. The molecule has 1 saturated carbocycles. The molecule has 1 fully saturated rings. The highest BCUT2D eigenvalue weighted by molar-refractivity contribution is 7.92. The first-order valence-corrected chi connectivity index (χ1v) is 6.19. The van der Waals surface area contributed by atoms with Crippen molar-refractivity contribution in [2.75, 3.05) is 6.26 Å². The van der Waals surface area contributed by atoms with Gasteiger partial charge in [-0.2, -0.15) is 0 Å². The molecular weight excluding hydrogens is 210 g/mol. The third kappa shape index (κ3) is 2.82. The van der Waals surface area contributed by atoms with Crippen molar-refractivity contribution in [3.8, 4) is 0 Å². The molecule has 0 unspecified atom stereocenters. The van der Waals surface area contributed by atoms with Crippen molar-refractivity contribution >= 4 is 22.2 Å². The van der Waals surface area contributed by atoms with E-state index in [4.69, 9.17) is 5.73 Å². The van der Waals surface area contributed by atoms with Gasteiger partial charge in [0.1, 0.15) is 0 Å². The Kier molecular flexibility index (Phi) is 4.22. The first-order valence-electron chi connectivity index (χ1n) is 4.30. The van der Waals surface area contributed by atoms with Gasteiger partial charge in [0, 0.05) is 12.3 Å². The summed E-state index contributed by atoms with van der Waals surface area (Å²) in [6.07, 6.45) is 4.43. The van der Waals surface area contributed by atoms with Crippen LogP contribution in [0.5, 0.6) is 0 Å². The molecule has 2 N–H and O–H groups in total. The molecule has 0 aromatic heterocycles. The number of hydrogen-bond acceptors (Lipinski definition) is 3. The second kappa shape index (κ2) is 4.15. The van der Waals surface area contributed by atoms with E-state index in [1.165, 1.54) is 6.26 Å². The summed E-state index contributed by atoms with van der Waals surface area (Å²) in [6.45, 7) is 1.83. The normalized spacial score (nSPS) is 35.2. The Morgan fingerprint density at radius 2 is 1.69 bits per heavy atom. The summed E-state index contributed by atoms with van der Waals surface area (Å²) in [5.74, 6) is 0. The van der Waals surface area contributed by atoms with Gasteiger partial charge < -0.3 is 5.73 Å². The molecule has 13 heavy (non-hydrogen) atoms. The summed E-state index contributed by atoms with van der Waals surface area (Å²) in [7, 11) is -2.90. The van der Waals surface area contributed by atoms with Crippen molar-refractivity contribution in [2.45, 2.75) is 43.4 Å². The van der Waals surface area contributed by atoms with E-state index in [-0.39, 0.29) is 18.4 Å². The fraction of sp³-hybridized carbons (Fsp3) is 1.00. The topological polar surface area (TPSA) is 60.2 Å².